The van der Waals surface area contributed by atoms with Gasteiger partial charge in [-0.3, -0.25) is 9.59 Å². The van der Waals surface area contributed by atoms with Gasteiger partial charge in [0.25, 0.3) is 11.5 Å². The van der Waals surface area contributed by atoms with Crippen molar-refractivity contribution < 1.29 is 9.32 Å². The number of amides is 1. The fourth-order valence-corrected chi connectivity index (χ4v) is 3.48. The van der Waals surface area contributed by atoms with Crippen molar-refractivity contribution >= 4 is 22.4 Å². The van der Waals surface area contributed by atoms with Gasteiger partial charge < -0.3 is 9.84 Å². The largest absolute Gasteiger partial charge is 0.339 e. The Bertz CT molecular complexity index is 1510. The molecule has 156 valence electrons. The fraction of sp³-hybridized carbons (Fsp3) is 0.0417. The third-order valence-corrected chi connectivity index (χ3v) is 4.96. The lowest BCUT2D eigenvalue weighted by Crippen LogP contribution is -2.26. The highest BCUT2D eigenvalue weighted by Gasteiger charge is 2.19. The Morgan fingerprint density at radius 1 is 0.906 bits per heavy atom. The Balaban J connectivity index is 1.63. The second kappa shape index (κ2) is 7.92. The number of benzene rings is 3. The van der Waals surface area contributed by atoms with Crippen LogP contribution in [0.2, 0.25) is 0 Å². The first-order valence-electron chi connectivity index (χ1n) is 9.90. The third-order valence-electron chi connectivity index (χ3n) is 4.96. The highest BCUT2D eigenvalue weighted by atomic mass is 16.5. The molecule has 0 spiro atoms. The Labute approximate surface area is 182 Å². The molecule has 2 aromatic heterocycles. The molecular formula is C24H17N5O3. The summed E-state index contributed by atoms with van der Waals surface area (Å²) < 4.78 is 6.32. The molecule has 0 saturated carbocycles. The van der Waals surface area contributed by atoms with Crippen LogP contribution in [0.5, 0.6) is 0 Å². The van der Waals surface area contributed by atoms with E-state index in [-0.39, 0.29) is 11.3 Å². The quantitative estimate of drug-likeness (QED) is 0.469. The summed E-state index contributed by atoms with van der Waals surface area (Å²) in [5, 5.41) is 12.1. The number of aromatic nitrogens is 4. The van der Waals surface area contributed by atoms with E-state index in [1.54, 1.807) is 61.5 Å². The number of para-hydroxylation sites is 2. The van der Waals surface area contributed by atoms with Gasteiger partial charge in [0.2, 0.25) is 11.7 Å². The smallest absolute Gasteiger partial charge is 0.279 e. The highest BCUT2D eigenvalue weighted by molar-refractivity contribution is 6.12. The molecule has 0 saturated heterocycles. The normalized spacial score (nSPS) is 10.9. The molecule has 0 aliphatic carbocycles. The first kappa shape index (κ1) is 19.4. The summed E-state index contributed by atoms with van der Waals surface area (Å²) in [5.41, 5.74) is 1.51. The van der Waals surface area contributed by atoms with E-state index in [1.807, 2.05) is 24.3 Å². The molecule has 0 atom stereocenters. The average Bonchev–Trinajstić information content (AvgIpc) is 3.26. The van der Waals surface area contributed by atoms with Crippen molar-refractivity contribution in [3.05, 3.63) is 101 Å². The van der Waals surface area contributed by atoms with Crippen molar-refractivity contribution in [3.8, 4) is 17.1 Å². The molecule has 32 heavy (non-hydrogen) atoms. The summed E-state index contributed by atoms with van der Waals surface area (Å²) in [5.74, 6) is 0.327. The molecule has 3 aromatic carbocycles. The summed E-state index contributed by atoms with van der Waals surface area (Å²) >= 11 is 0. The summed E-state index contributed by atoms with van der Waals surface area (Å²) in [6, 6.07) is 23.1. The van der Waals surface area contributed by atoms with Gasteiger partial charge in [-0.1, -0.05) is 53.7 Å². The summed E-state index contributed by atoms with van der Waals surface area (Å²) in [6.07, 6.45) is 0. The Morgan fingerprint density at radius 3 is 2.34 bits per heavy atom. The predicted molar refractivity (Wildman–Crippen MR) is 120 cm³/mol. The van der Waals surface area contributed by atoms with Gasteiger partial charge in [0.05, 0.1) is 16.8 Å². The Hall–Kier alpha value is -4.59. The van der Waals surface area contributed by atoms with Crippen LogP contribution in [-0.4, -0.2) is 25.8 Å². The van der Waals surface area contributed by atoms with E-state index < -0.39 is 5.91 Å². The third kappa shape index (κ3) is 3.43. The number of anilines is 1. The number of hydrogen-bond donors (Lipinski definition) is 1. The molecule has 1 N–H and O–H groups in total. The van der Waals surface area contributed by atoms with E-state index in [2.05, 4.69) is 20.6 Å². The maximum atomic E-state index is 13.4. The number of nitrogens with one attached hydrogen (secondary N) is 1. The van der Waals surface area contributed by atoms with Gasteiger partial charge in [-0.05, 0) is 30.3 Å². The minimum atomic E-state index is -0.460. The van der Waals surface area contributed by atoms with Crippen LogP contribution in [0.15, 0.2) is 88.2 Å². The van der Waals surface area contributed by atoms with Crippen molar-refractivity contribution in [3.63, 3.8) is 0 Å². The van der Waals surface area contributed by atoms with E-state index in [9.17, 15) is 9.59 Å². The minimum absolute atomic E-state index is 0.128. The predicted octanol–water partition coefficient (Wildman–Crippen LogP) is 4.00. The maximum absolute atomic E-state index is 13.4. The summed E-state index contributed by atoms with van der Waals surface area (Å²) in [7, 11) is 0. The summed E-state index contributed by atoms with van der Waals surface area (Å²) in [6.45, 7) is 1.70. The van der Waals surface area contributed by atoms with Crippen LogP contribution in [0, 0.1) is 6.92 Å². The number of carbonyl (C=O) groups is 1. The van der Waals surface area contributed by atoms with Gasteiger partial charge in [-0.25, -0.2) is 0 Å². The molecule has 0 fully saturated rings. The van der Waals surface area contributed by atoms with Crippen molar-refractivity contribution in [1.29, 1.82) is 0 Å². The van der Waals surface area contributed by atoms with E-state index in [0.29, 0.717) is 39.4 Å². The standard InChI is InChI=1S/C24H17N5O3/c1-15-25-22(28-32-15)19-13-7-8-14-20(19)26-23(30)21-17-11-5-6-12-18(17)24(31)29(27-21)16-9-3-2-4-10-16/h2-14H,1H3,(H,26,30). The number of fused-ring (bicyclic) bond motifs is 1. The second-order valence-electron chi connectivity index (χ2n) is 7.08. The number of carbonyl (C=O) groups excluding carboxylic acids is 1. The molecule has 0 bridgehead atoms. The highest BCUT2D eigenvalue weighted by Crippen LogP contribution is 2.26. The maximum Gasteiger partial charge on any atom is 0.279 e. The number of rotatable bonds is 4. The molecule has 5 rings (SSSR count). The molecule has 2 heterocycles. The molecule has 1 amide bonds. The lowest BCUT2D eigenvalue weighted by Gasteiger charge is -2.12. The molecule has 8 nitrogen and oxygen atoms in total. The van der Waals surface area contributed by atoms with Crippen LogP contribution in [0.1, 0.15) is 16.4 Å². The van der Waals surface area contributed by atoms with Gasteiger partial charge in [0.1, 0.15) is 0 Å². The number of nitrogens with zero attached hydrogens (tertiary/aromatic N) is 4. The van der Waals surface area contributed by atoms with Crippen LogP contribution in [0.4, 0.5) is 5.69 Å². The van der Waals surface area contributed by atoms with Crippen LogP contribution in [0.3, 0.4) is 0 Å². The molecule has 8 heteroatoms. The van der Waals surface area contributed by atoms with Crippen molar-refractivity contribution in [2.45, 2.75) is 6.92 Å². The lowest BCUT2D eigenvalue weighted by atomic mass is 10.1. The first-order chi connectivity index (χ1) is 15.6. The van der Waals surface area contributed by atoms with E-state index >= 15 is 0 Å². The van der Waals surface area contributed by atoms with Crippen molar-refractivity contribution in [2.24, 2.45) is 0 Å². The number of aryl methyl sites for hydroxylation is 1. The van der Waals surface area contributed by atoms with Gasteiger partial charge in [0.15, 0.2) is 5.69 Å². The van der Waals surface area contributed by atoms with Crippen LogP contribution >= 0.6 is 0 Å². The zero-order valence-electron chi connectivity index (χ0n) is 17.0. The van der Waals surface area contributed by atoms with Crippen molar-refractivity contribution in [1.82, 2.24) is 19.9 Å². The van der Waals surface area contributed by atoms with Gasteiger partial charge in [0, 0.05) is 17.9 Å². The second-order valence-corrected chi connectivity index (χ2v) is 7.08. The number of hydrogen-bond acceptors (Lipinski definition) is 6. The lowest BCUT2D eigenvalue weighted by molar-refractivity contribution is 0.102. The van der Waals surface area contributed by atoms with Gasteiger partial charge in [-0.2, -0.15) is 14.8 Å². The Kier molecular flexibility index (Phi) is 4.79. The molecular weight excluding hydrogens is 406 g/mol. The van der Waals surface area contributed by atoms with Gasteiger partial charge in [-0.15, -0.1) is 0 Å². The van der Waals surface area contributed by atoms with Crippen LogP contribution in [-0.2, 0) is 0 Å². The SMILES string of the molecule is Cc1nc(-c2ccccc2NC(=O)c2nn(-c3ccccc3)c(=O)c3ccccc23)no1. The van der Waals surface area contributed by atoms with Gasteiger partial charge >= 0.3 is 0 Å². The fourth-order valence-electron chi connectivity index (χ4n) is 3.48. The van der Waals surface area contributed by atoms with Crippen LogP contribution < -0.4 is 10.9 Å². The molecule has 0 unspecified atom stereocenters. The van der Waals surface area contributed by atoms with Crippen LogP contribution in [0.25, 0.3) is 27.8 Å². The van der Waals surface area contributed by atoms with E-state index in [1.165, 1.54) is 4.68 Å². The monoisotopic (exact) mass is 423 g/mol. The zero-order chi connectivity index (χ0) is 22.1. The van der Waals surface area contributed by atoms with E-state index in [0.717, 1.165) is 0 Å². The summed E-state index contributed by atoms with van der Waals surface area (Å²) in [4.78, 5) is 30.7. The zero-order valence-corrected chi connectivity index (χ0v) is 17.0. The molecule has 5 aromatic rings. The topological polar surface area (TPSA) is 103 Å². The Morgan fingerprint density at radius 2 is 1.59 bits per heavy atom. The van der Waals surface area contributed by atoms with E-state index in [4.69, 9.17) is 4.52 Å². The molecule has 0 aliphatic rings. The molecule has 0 radical (unpaired) electrons. The molecule has 0 aliphatic heterocycles. The average molecular weight is 423 g/mol. The van der Waals surface area contributed by atoms with Crippen molar-refractivity contribution in [2.75, 3.05) is 5.32 Å². The minimum Gasteiger partial charge on any atom is -0.339 e. The first-order valence-corrected chi connectivity index (χ1v) is 9.90.